The van der Waals surface area contributed by atoms with Crippen molar-refractivity contribution in [2.24, 2.45) is 0 Å². The number of carbonyl (C=O) groups excluding carboxylic acids is 1. The summed E-state index contributed by atoms with van der Waals surface area (Å²) < 4.78 is 5.33. The Morgan fingerprint density at radius 3 is 2.72 bits per heavy atom. The molecule has 0 spiro atoms. The molecule has 0 fully saturated rings. The van der Waals surface area contributed by atoms with Gasteiger partial charge in [0.15, 0.2) is 0 Å². The molecule has 0 atom stereocenters. The molecule has 6 nitrogen and oxygen atoms in total. The predicted octanol–water partition coefficient (Wildman–Crippen LogP) is 3.70. The Labute approximate surface area is 145 Å². The number of fused-ring (bicyclic) bond motifs is 1. The van der Waals surface area contributed by atoms with Gasteiger partial charge in [-0.2, -0.15) is 0 Å². The van der Waals surface area contributed by atoms with Crippen LogP contribution in [0.1, 0.15) is 23.0 Å². The van der Waals surface area contributed by atoms with Crippen molar-refractivity contribution in [2.75, 3.05) is 12.6 Å². The smallest absolute Gasteiger partial charge is 0.364 e. The molecule has 1 aromatic heterocycles. The highest BCUT2D eigenvalue weighted by Crippen LogP contribution is 2.27. The van der Waals surface area contributed by atoms with Gasteiger partial charge in [-0.25, -0.2) is 15.3 Å². The van der Waals surface area contributed by atoms with Crippen LogP contribution in [-0.4, -0.2) is 23.2 Å². The molecular formula is C19H18N2O4. The number of aromatic nitrogens is 1. The summed E-state index contributed by atoms with van der Waals surface area (Å²) >= 11 is 0. The fraction of sp³-hybridized carbons (Fsp3) is 0.158. The topological polar surface area (TPSA) is 80.7 Å². The number of aryl methyl sites for hydroxylation is 1. The summed E-state index contributed by atoms with van der Waals surface area (Å²) in [5.74, 6) is 0.0733. The number of rotatable bonds is 5. The highest BCUT2D eigenvalue weighted by molar-refractivity contribution is 5.96. The Morgan fingerprint density at radius 2 is 2.00 bits per heavy atom. The molecule has 2 aromatic carbocycles. The Balaban J connectivity index is 1.91. The summed E-state index contributed by atoms with van der Waals surface area (Å²) in [5, 5.41) is 10.5. The zero-order valence-corrected chi connectivity index (χ0v) is 13.9. The van der Waals surface area contributed by atoms with Crippen molar-refractivity contribution in [3.05, 3.63) is 59.8 Å². The van der Waals surface area contributed by atoms with Gasteiger partial charge in [0.25, 0.3) is 0 Å². The van der Waals surface area contributed by atoms with Crippen LogP contribution in [0.2, 0.25) is 0 Å². The molecule has 0 aliphatic carbocycles. The maximum Gasteiger partial charge on any atom is 0.364 e. The Morgan fingerprint density at radius 1 is 1.20 bits per heavy atom. The highest BCUT2D eigenvalue weighted by Gasteiger charge is 2.17. The number of phenols is 1. The van der Waals surface area contributed by atoms with E-state index in [1.54, 1.807) is 31.4 Å². The van der Waals surface area contributed by atoms with Crippen LogP contribution < -0.4 is 10.2 Å². The van der Waals surface area contributed by atoms with Crippen molar-refractivity contribution in [3.63, 3.8) is 0 Å². The first-order valence-corrected chi connectivity index (χ1v) is 7.85. The van der Waals surface area contributed by atoms with E-state index in [-0.39, 0.29) is 5.75 Å². The van der Waals surface area contributed by atoms with Crippen LogP contribution in [0.5, 0.6) is 11.5 Å². The number of aromatic hydroxyl groups is 1. The van der Waals surface area contributed by atoms with Crippen molar-refractivity contribution in [2.45, 2.75) is 13.3 Å². The molecule has 0 radical (unpaired) electrons. The van der Waals surface area contributed by atoms with E-state index in [9.17, 15) is 9.90 Å². The monoisotopic (exact) mass is 338 g/mol. The van der Waals surface area contributed by atoms with Gasteiger partial charge in [0, 0.05) is 5.39 Å². The fourth-order valence-electron chi connectivity index (χ4n) is 2.54. The third-order valence-electron chi connectivity index (χ3n) is 3.82. The van der Waals surface area contributed by atoms with Gasteiger partial charge >= 0.3 is 5.97 Å². The van der Waals surface area contributed by atoms with Crippen molar-refractivity contribution < 1.29 is 19.5 Å². The van der Waals surface area contributed by atoms with Gasteiger partial charge in [-0.15, -0.1) is 0 Å². The number of carbonyl (C=O) groups is 1. The van der Waals surface area contributed by atoms with E-state index in [4.69, 9.17) is 9.57 Å². The van der Waals surface area contributed by atoms with Crippen molar-refractivity contribution in [3.8, 4) is 11.5 Å². The number of methoxy groups -OCH3 is 1. The van der Waals surface area contributed by atoms with E-state index in [1.807, 2.05) is 25.1 Å². The van der Waals surface area contributed by atoms with Crippen molar-refractivity contribution in [1.82, 2.24) is 4.98 Å². The Kier molecular flexibility index (Phi) is 4.70. The zero-order chi connectivity index (χ0) is 17.8. The van der Waals surface area contributed by atoms with E-state index in [1.165, 1.54) is 6.07 Å². The molecule has 0 amide bonds. The maximum absolute atomic E-state index is 12.5. The summed E-state index contributed by atoms with van der Waals surface area (Å²) in [6.07, 6.45) is 0.564. The number of ether oxygens (including phenoxy) is 1. The minimum absolute atomic E-state index is 0.00705. The molecule has 0 aliphatic rings. The maximum atomic E-state index is 12.5. The van der Waals surface area contributed by atoms with Crippen LogP contribution in [-0.2, 0) is 11.3 Å². The highest BCUT2D eigenvalue weighted by atomic mass is 16.7. The Bertz CT molecular complexity index is 924. The van der Waals surface area contributed by atoms with Gasteiger partial charge < -0.3 is 14.7 Å². The third kappa shape index (κ3) is 3.33. The van der Waals surface area contributed by atoms with Crippen molar-refractivity contribution >= 4 is 22.6 Å². The number of pyridine rings is 1. The van der Waals surface area contributed by atoms with E-state index < -0.39 is 5.97 Å². The average Bonchev–Trinajstić information content (AvgIpc) is 2.65. The number of benzene rings is 2. The lowest BCUT2D eigenvalue weighted by Gasteiger charge is -2.12. The van der Waals surface area contributed by atoms with E-state index in [2.05, 4.69) is 10.5 Å². The standard InChI is InChI=1S/C19H18N2O4/c1-3-14-13(11-12-7-6-10-17(24-2)18(12)20-14)19(23)25-21-15-8-4-5-9-16(15)22/h4-11,21-22H,3H2,1-2H3. The van der Waals surface area contributed by atoms with Crippen LogP contribution in [0.4, 0.5) is 5.69 Å². The number of nitrogens with zero attached hydrogens (tertiary/aromatic N) is 1. The average molecular weight is 338 g/mol. The minimum atomic E-state index is -0.572. The number of anilines is 1. The molecule has 3 rings (SSSR count). The molecule has 0 aliphatic heterocycles. The van der Waals surface area contributed by atoms with Crippen LogP contribution in [0, 0.1) is 0 Å². The molecule has 2 N–H and O–H groups in total. The molecule has 6 heteroatoms. The van der Waals surface area contributed by atoms with Gasteiger partial charge in [-0.05, 0) is 30.7 Å². The summed E-state index contributed by atoms with van der Waals surface area (Å²) in [6.45, 7) is 1.91. The molecule has 1 heterocycles. The molecule has 0 saturated heterocycles. The minimum Gasteiger partial charge on any atom is -0.506 e. The van der Waals surface area contributed by atoms with E-state index in [0.717, 1.165) is 5.39 Å². The molecule has 128 valence electrons. The van der Waals surface area contributed by atoms with E-state index in [0.29, 0.717) is 34.6 Å². The largest absolute Gasteiger partial charge is 0.506 e. The first kappa shape index (κ1) is 16.6. The summed E-state index contributed by atoms with van der Waals surface area (Å²) in [7, 11) is 1.58. The number of hydrogen-bond acceptors (Lipinski definition) is 6. The van der Waals surface area contributed by atoms with Gasteiger partial charge in [-0.3, -0.25) is 0 Å². The van der Waals surface area contributed by atoms with Crippen LogP contribution in [0.15, 0.2) is 48.5 Å². The van der Waals surface area contributed by atoms with Gasteiger partial charge in [-0.1, -0.05) is 31.2 Å². The molecule has 0 unspecified atom stereocenters. The number of phenolic OH excluding ortho intramolecular Hbond substituents is 1. The lowest BCUT2D eigenvalue weighted by molar-refractivity contribution is 0.0594. The van der Waals surface area contributed by atoms with Gasteiger partial charge in [0.05, 0.1) is 18.4 Å². The van der Waals surface area contributed by atoms with Crippen LogP contribution >= 0.6 is 0 Å². The second-order valence-corrected chi connectivity index (χ2v) is 5.38. The number of hydrogen-bond donors (Lipinski definition) is 2. The fourth-order valence-corrected chi connectivity index (χ4v) is 2.54. The molecular weight excluding hydrogens is 320 g/mol. The quantitative estimate of drug-likeness (QED) is 0.545. The van der Waals surface area contributed by atoms with Crippen LogP contribution in [0.3, 0.4) is 0 Å². The van der Waals surface area contributed by atoms with Gasteiger partial charge in [0.2, 0.25) is 0 Å². The molecule has 0 saturated carbocycles. The first-order valence-electron chi connectivity index (χ1n) is 7.85. The second-order valence-electron chi connectivity index (χ2n) is 5.38. The van der Waals surface area contributed by atoms with E-state index >= 15 is 0 Å². The lowest BCUT2D eigenvalue weighted by Crippen LogP contribution is -2.14. The lowest BCUT2D eigenvalue weighted by atomic mass is 10.1. The molecule has 3 aromatic rings. The van der Waals surface area contributed by atoms with Crippen LogP contribution in [0.25, 0.3) is 10.9 Å². The Hall–Kier alpha value is -3.28. The summed E-state index contributed by atoms with van der Waals surface area (Å²) in [4.78, 5) is 22.1. The molecule has 0 bridgehead atoms. The summed E-state index contributed by atoms with van der Waals surface area (Å²) in [5.41, 5.74) is 4.47. The van der Waals surface area contributed by atoms with Gasteiger partial charge in [0.1, 0.15) is 22.7 Å². The summed E-state index contributed by atoms with van der Waals surface area (Å²) in [6, 6.07) is 13.8. The molecule has 25 heavy (non-hydrogen) atoms. The second kappa shape index (κ2) is 7.09. The van der Waals surface area contributed by atoms with Crippen molar-refractivity contribution in [1.29, 1.82) is 0 Å². The number of para-hydroxylation sites is 3. The number of nitrogens with one attached hydrogen (secondary N) is 1. The third-order valence-corrected chi connectivity index (χ3v) is 3.82. The SMILES string of the molecule is CCc1nc2c(OC)cccc2cc1C(=O)ONc1ccccc1O. The predicted molar refractivity (Wildman–Crippen MR) is 94.8 cm³/mol. The normalized spacial score (nSPS) is 10.5. The first-order chi connectivity index (χ1) is 12.1. The zero-order valence-electron chi connectivity index (χ0n) is 13.9.